The number of nitrogens with zero attached hydrogens (tertiary/aromatic N) is 2. The third-order valence-corrected chi connectivity index (χ3v) is 6.69. The lowest BCUT2D eigenvalue weighted by atomic mass is 9.98. The Hall–Kier alpha value is -4.07. The fraction of sp³-hybridized carbons (Fsp3) is 0.400. The van der Waals surface area contributed by atoms with Crippen LogP contribution in [0.4, 0.5) is 17.6 Å². The number of ether oxygens (including phenoxy) is 1. The summed E-state index contributed by atoms with van der Waals surface area (Å²) in [6.45, 7) is 8.61. The zero-order chi connectivity index (χ0) is 33.2. The standard InChI is InChI=1S/C28H34FN3O4S.C2HF3O2/c1-5-23-24(15-30-26(33)25(37)13-17(3)4)32(28(31-23)36-6-2)16-19-12-11-18(14-22(19)29)20-9-7-8-10-21(20)27(34)35;3-2(4,5)1(6)7/h7-12,14,17,25,37H,5-6,13,15-16H2,1-4H3,(H,30,33)(H,34,35);(H,6,7). The number of alkyl halides is 3. The number of carboxylic acid groups (broad SMARTS) is 2. The molecule has 2 aromatic carbocycles. The van der Waals surface area contributed by atoms with E-state index < -0.39 is 29.2 Å². The highest BCUT2D eigenvalue weighted by molar-refractivity contribution is 7.81. The van der Waals surface area contributed by atoms with Crippen LogP contribution in [0.15, 0.2) is 42.5 Å². The molecule has 3 rings (SSSR count). The number of imidazole rings is 1. The van der Waals surface area contributed by atoms with Crippen molar-refractivity contribution in [2.24, 2.45) is 5.92 Å². The Kier molecular flexibility index (Phi) is 13.2. The molecule has 0 saturated heterocycles. The second-order valence-electron chi connectivity index (χ2n) is 9.98. The molecule has 0 radical (unpaired) electrons. The number of halogens is 4. The topological polar surface area (TPSA) is 131 Å². The number of rotatable bonds is 12. The van der Waals surface area contributed by atoms with Gasteiger partial charge < -0.3 is 20.3 Å². The van der Waals surface area contributed by atoms with E-state index in [9.17, 15) is 27.9 Å². The summed E-state index contributed by atoms with van der Waals surface area (Å²) in [5.74, 6) is -4.14. The predicted molar refractivity (Wildman–Crippen MR) is 158 cm³/mol. The lowest BCUT2D eigenvalue weighted by Crippen LogP contribution is -2.32. The number of thiol groups is 1. The van der Waals surface area contributed by atoms with Gasteiger partial charge in [0, 0.05) is 5.56 Å². The molecule has 0 saturated carbocycles. The van der Waals surface area contributed by atoms with Crippen molar-refractivity contribution in [3.05, 3.63) is 70.8 Å². The molecule has 0 aliphatic rings. The Morgan fingerprint density at radius 1 is 1.09 bits per heavy atom. The summed E-state index contributed by atoms with van der Waals surface area (Å²) in [4.78, 5) is 37.7. The molecule has 1 aromatic heterocycles. The van der Waals surface area contributed by atoms with E-state index in [0.29, 0.717) is 48.1 Å². The number of carbonyl (C=O) groups excluding carboxylic acids is 1. The van der Waals surface area contributed by atoms with Gasteiger partial charge in [-0.15, -0.1) is 0 Å². The van der Waals surface area contributed by atoms with Crippen molar-refractivity contribution in [2.45, 2.75) is 65.1 Å². The van der Waals surface area contributed by atoms with Crippen LogP contribution in [0.5, 0.6) is 6.01 Å². The van der Waals surface area contributed by atoms with Crippen LogP contribution in [0, 0.1) is 11.7 Å². The van der Waals surface area contributed by atoms with Gasteiger partial charge in [-0.2, -0.15) is 30.8 Å². The first-order valence-corrected chi connectivity index (χ1v) is 14.2. The van der Waals surface area contributed by atoms with E-state index in [0.717, 1.165) is 11.4 Å². The van der Waals surface area contributed by atoms with Crippen LogP contribution < -0.4 is 10.1 Å². The van der Waals surface area contributed by atoms with Crippen molar-refractivity contribution in [2.75, 3.05) is 6.61 Å². The number of aryl methyl sites for hydroxylation is 1. The lowest BCUT2D eigenvalue weighted by molar-refractivity contribution is -0.192. The van der Waals surface area contributed by atoms with E-state index in [2.05, 4.69) is 22.9 Å². The molecule has 0 aliphatic carbocycles. The molecule has 3 N–H and O–H groups in total. The van der Waals surface area contributed by atoms with Crippen LogP contribution in [0.1, 0.15) is 61.4 Å². The summed E-state index contributed by atoms with van der Waals surface area (Å²) in [5.41, 5.74) is 2.91. The zero-order valence-corrected chi connectivity index (χ0v) is 25.5. The maximum atomic E-state index is 15.3. The van der Waals surface area contributed by atoms with Gasteiger partial charge in [-0.25, -0.2) is 14.0 Å². The summed E-state index contributed by atoms with van der Waals surface area (Å²) >= 11 is 4.43. The minimum absolute atomic E-state index is 0.105. The highest BCUT2D eigenvalue weighted by Crippen LogP contribution is 2.28. The highest BCUT2D eigenvalue weighted by atomic mass is 32.1. The summed E-state index contributed by atoms with van der Waals surface area (Å²) in [6.07, 6.45) is -3.82. The van der Waals surface area contributed by atoms with Crippen molar-refractivity contribution < 1.29 is 46.9 Å². The summed E-state index contributed by atoms with van der Waals surface area (Å²) in [7, 11) is 0. The van der Waals surface area contributed by atoms with Crippen molar-refractivity contribution in [1.82, 2.24) is 14.9 Å². The third-order valence-electron chi connectivity index (χ3n) is 6.25. The number of aliphatic carboxylic acids is 1. The minimum atomic E-state index is -5.08. The maximum absolute atomic E-state index is 15.3. The van der Waals surface area contributed by atoms with Crippen molar-refractivity contribution in [3.63, 3.8) is 0 Å². The first-order chi connectivity index (χ1) is 20.6. The summed E-state index contributed by atoms with van der Waals surface area (Å²) in [5, 5.41) is 19.1. The van der Waals surface area contributed by atoms with Crippen molar-refractivity contribution in [1.29, 1.82) is 0 Å². The number of amides is 1. The van der Waals surface area contributed by atoms with Gasteiger partial charge in [-0.1, -0.05) is 51.1 Å². The second kappa shape index (κ2) is 16.1. The van der Waals surface area contributed by atoms with Gasteiger partial charge in [0.1, 0.15) is 5.82 Å². The molecule has 9 nitrogen and oxygen atoms in total. The average molecular weight is 642 g/mol. The van der Waals surface area contributed by atoms with Crippen molar-refractivity contribution in [3.8, 4) is 17.1 Å². The molecular weight excluding hydrogens is 606 g/mol. The normalized spacial score (nSPS) is 11.9. The van der Waals surface area contributed by atoms with E-state index in [4.69, 9.17) is 14.6 Å². The SMILES string of the molecule is CCOc1nc(CC)c(CNC(=O)C(S)CC(C)C)n1Cc1ccc(-c2ccccc2C(=O)O)cc1F.O=C(O)C(F)(F)F. The second-order valence-corrected chi connectivity index (χ2v) is 10.6. The smallest absolute Gasteiger partial charge is 0.478 e. The molecule has 0 spiro atoms. The van der Waals surface area contributed by atoms with Crippen LogP contribution in [0.3, 0.4) is 0 Å². The number of benzene rings is 2. The van der Waals surface area contributed by atoms with Crippen LogP contribution in [0.2, 0.25) is 0 Å². The third kappa shape index (κ3) is 10.00. The zero-order valence-electron chi connectivity index (χ0n) is 24.6. The van der Waals surface area contributed by atoms with E-state index in [-0.39, 0.29) is 24.6 Å². The first kappa shape index (κ1) is 36.1. The lowest BCUT2D eigenvalue weighted by Gasteiger charge is -2.16. The molecule has 14 heteroatoms. The van der Waals surface area contributed by atoms with E-state index in [1.54, 1.807) is 34.9 Å². The van der Waals surface area contributed by atoms with E-state index >= 15 is 4.39 Å². The molecule has 3 aromatic rings. The van der Waals surface area contributed by atoms with Gasteiger partial charge >= 0.3 is 18.1 Å². The van der Waals surface area contributed by atoms with Crippen LogP contribution >= 0.6 is 12.6 Å². The Morgan fingerprint density at radius 2 is 1.73 bits per heavy atom. The average Bonchev–Trinajstić information content (AvgIpc) is 3.28. The Bertz CT molecular complexity index is 1460. The first-order valence-electron chi connectivity index (χ1n) is 13.7. The summed E-state index contributed by atoms with van der Waals surface area (Å²) < 4.78 is 54.6. The Labute approximate surface area is 257 Å². The number of carbonyl (C=O) groups is 3. The molecule has 0 fully saturated rings. The fourth-order valence-corrected chi connectivity index (χ4v) is 4.68. The molecule has 1 unspecified atom stereocenters. The van der Waals surface area contributed by atoms with Gasteiger partial charge in [0.25, 0.3) is 6.01 Å². The van der Waals surface area contributed by atoms with Gasteiger partial charge in [0.15, 0.2) is 0 Å². The molecule has 1 atom stereocenters. The molecule has 44 heavy (non-hydrogen) atoms. The monoisotopic (exact) mass is 641 g/mol. The van der Waals surface area contributed by atoms with Crippen LogP contribution in [-0.4, -0.2) is 55.6 Å². The van der Waals surface area contributed by atoms with Gasteiger partial charge in [-0.05, 0) is 48.9 Å². The van der Waals surface area contributed by atoms with Crippen LogP contribution in [-0.2, 0) is 29.1 Å². The number of nitrogens with one attached hydrogen (secondary N) is 1. The minimum Gasteiger partial charge on any atom is -0.478 e. The summed E-state index contributed by atoms with van der Waals surface area (Å²) in [6, 6.07) is 11.5. The van der Waals surface area contributed by atoms with Gasteiger partial charge in [0.05, 0.1) is 41.9 Å². The van der Waals surface area contributed by atoms with Crippen molar-refractivity contribution >= 4 is 30.5 Å². The quantitative estimate of drug-likeness (QED) is 0.141. The maximum Gasteiger partial charge on any atom is 0.490 e. The van der Waals surface area contributed by atoms with Gasteiger partial charge in [-0.3, -0.25) is 9.36 Å². The number of aromatic carboxylic acids is 1. The fourth-order valence-electron chi connectivity index (χ4n) is 4.17. The molecule has 240 valence electrons. The number of aromatic nitrogens is 2. The van der Waals surface area contributed by atoms with E-state index in [1.807, 2.05) is 27.7 Å². The molecule has 0 aliphatic heterocycles. The highest BCUT2D eigenvalue weighted by Gasteiger charge is 2.38. The predicted octanol–water partition coefficient (Wildman–Crippen LogP) is 5.99. The largest absolute Gasteiger partial charge is 0.490 e. The number of carboxylic acids is 2. The number of hydrogen-bond acceptors (Lipinski definition) is 6. The number of hydrogen-bond donors (Lipinski definition) is 4. The Morgan fingerprint density at radius 3 is 2.25 bits per heavy atom. The van der Waals surface area contributed by atoms with Crippen LogP contribution in [0.25, 0.3) is 11.1 Å². The Balaban J connectivity index is 0.000000860. The molecule has 1 heterocycles. The molecular formula is C30H35F4N3O6S. The molecule has 0 bridgehead atoms. The van der Waals surface area contributed by atoms with Gasteiger partial charge in [0.2, 0.25) is 5.91 Å². The van der Waals surface area contributed by atoms with E-state index in [1.165, 1.54) is 12.1 Å². The molecule has 1 amide bonds.